The Labute approximate surface area is 162 Å². The first kappa shape index (κ1) is 18.9. The number of aromatic nitrogens is 1. The number of urea groups is 1. The molecule has 2 amide bonds. The lowest BCUT2D eigenvalue weighted by Gasteiger charge is -2.08. The number of hydrogen-bond acceptors (Lipinski definition) is 3. The van der Waals surface area contributed by atoms with Gasteiger partial charge in [0.15, 0.2) is 0 Å². The second kappa shape index (κ2) is 9.73. The summed E-state index contributed by atoms with van der Waals surface area (Å²) in [6.45, 7) is 0.428. The van der Waals surface area contributed by atoms with Crippen LogP contribution >= 0.6 is 11.8 Å². The van der Waals surface area contributed by atoms with E-state index in [4.69, 9.17) is 0 Å². The molecule has 138 valence electrons. The van der Waals surface area contributed by atoms with Crippen molar-refractivity contribution in [1.29, 1.82) is 0 Å². The van der Waals surface area contributed by atoms with Crippen molar-refractivity contribution in [2.75, 3.05) is 11.1 Å². The summed E-state index contributed by atoms with van der Waals surface area (Å²) in [4.78, 5) is 17.1. The zero-order valence-electron chi connectivity index (χ0n) is 14.7. The second-order valence-electron chi connectivity index (χ2n) is 5.92. The Morgan fingerprint density at radius 2 is 1.78 bits per heavy atom. The van der Waals surface area contributed by atoms with E-state index in [0.29, 0.717) is 6.54 Å². The molecular weight excluding hydrogens is 361 g/mol. The third kappa shape index (κ3) is 6.42. The molecule has 0 atom stereocenters. The summed E-state index contributed by atoms with van der Waals surface area (Å²) < 4.78 is 12.9. The van der Waals surface area contributed by atoms with Gasteiger partial charge in [0.05, 0.1) is 0 Å². The van der Waals surface area contributed by atoms with Gasteiger partial charge >= 0.3 is 6.03 Å². The molecule has 4 nitrogen and oxygen atoms in total. The number of pyridine rings is 1. The number of carbonyl (C=O) groups is 1. The van der Waals surface area contributed by atoms with Crippen molar-refractivity contribution in [3.63, 3.8) is 0 Å². The average Bonchev–Trinajstić information content (AvgIpc) is 2.70. The number of amides is 2. The molecule has 27 heavy (non-hydrogen) atoms. The van der Waals surface area contributed by atoms with Gasteiger partial charge in [0.25, 0.3) is 0 Å². The molecule has 0 fully saturated rings. The van der Waals surface area contributed by atoms with Crippen LogP contribution in [0.4, 0.5) is 14.9 Å². The van der Waals surface area contributed by atoms with Gasteiger partial charge in [-0.25, -0.2) is 9.18 Å². The zero-order chi connectivity index (χ0) is 18.9. The fourth-order valence-electron chi connectivity index (χ4n) is 2.43. The quantitative estimate of drug-likeness (QED) is 0.574. The number of halogens is 1. The second-order valence-corrected chi connectivity index (χ2v) is 7.09. The van der Waals surface area contributed by atoms with E-state index in [2.05, 4.69) is 15.6 Å². The normalized spacial score (nSPS) is 10.4. The topological polar surface area (TPSA) is 54.0 Å². The van der Waals surface area contributed by atoms with Gasteiger partial charge in [0.1, 0.15) is 5.82 Å². The number of benzene rings is 2. The van der Waals surface area contributed by atoms with Gasteiger partial charge in [-0.2, -0.15) is 0 Å². The van der Waals surface area contributed by atoms with E-state index in [9.17, 15) is 9.18 Å². The van der Waals surface area contributed by atoms with Crippen LogP contribution in [-0.4, -0.2) is 16.8 Å². The van der Waals surface area contributed by atoms with E-state index in [1.54, 1.807) is 24.2 Å². The summed E-state index contributed by atoms with van der Waals surface area (Å²) in [6.07, 6.45) is 4.29. The van der Waals surface area contributed by atoms with Gasteiger partial charge in [-0.15, -0.1) is 11.8 Å². The van der Waals surface area contributed by atoms with Gasteiger partial charge in [-0.05, 0) is 60.0 Å². The SMILES string of the molecule is O=C(NCc1cccnc1)Nc1ccc(SCCc2ccc(F)cc2)cc1. The maximum atomic E-state index is 12.9. The highest BCUT2D eigenvalue weighted by Gasteiger charge is 2.03. The number of nitrogens with one attached hydrogen (secondary N) is 2. The Morgan fingerprint density at radius 1 is 1.00 bits per heavy atom. The van der Waals surface area contributed by atoms with Crippen LogP contribution < -0.4 is 10.6 Å². The summed E-state index contributed by atoms with van der Waals surface area (Å²) in [7, 11) is 0. The fourth-order valence-corrected chi connectivity index (χ4v) is 3.33. The monoisotopic (exact) mass is 381 g/mol. The van der Waals surface area contributed by atoms with Gasteiger partial charge in [-0.1, -0.05) is 18.2 Å². The largest absolute Gasteiger partial charge is 0.334 e. The highest BCUT2D eigenvalue weighted by Crippen LogP contribution is 2.21. The molecule has 0 unspecified atom stereocenters. The first-order valence-electron chi connectivity index (χ1n) is 8.60. The molecule has 1 aromatic heterocycles. The standard InChI is InChI=1S/C21H20FN3OS/c22-18-5-3-16(4-6-18)11-13-27-20-9-7-19(8-10-20)25-21(26)24-15-17-2-1-12-23-14-17/h1-10,12,14H,11,13,15H2,(H2,24,25,26). The third-order valence-corrected chi connectivity index (χ3v) is 4.87. The van der Waals surface area contributed by atoms with Crippen molar-refractivity contribution in [2.24, 2.45) is 0 Å². The van der Waals surface area contributed by atoms with Crippen LogP contribution in [0.1, 0.15) is 11.1 Å². The predicted octanol–water partition coefficient (Wildman–Crippen LogP) is 4.88. The molecule has 0 bridgehead atoms. The van der Waals surface area contributed by atoms with E-state index in [0.717, 1.165) is 33.9 Å². The Balaban J connectivity index is 1.41. The lowest BCUT2D eigenvalue weighted by Crippen LogP contribution is -2.28. The number of thioether (sulfide) groups is 1. The number of aryl methyl sites for hydroxylation is 1. The smallest absolute Gasteiger partial charge is 0.319 e. The molecule has 0 saturated heterocycles. The zero-order valence-corrected chi connectivity index (χ0v) is 15.5. The van der Waals surface area contributed by atoms with Crippen LogP contribution in [0.2, 0.25) is 0 Å². The molecule has 0 aliphatic carbocycles. The number of anilines is 1. The van der Waals surface area contributed by atoms with Crippen molar-refractivity contribution < 1.29 is 9.18 Å². The third-order valence-electron chi connectivity index (χ3n) is 3.86. The minimum atomic E-state index is -0.254. The Morgan fingerprint density at radius 3 is 2.48 bits per heavy atom. The molecule has 2 aromatic carbocycles. The first-order chi connectivity index (χ1) is 13.2. The predicted molar refractivity (Wildman–Crippen MR) is 107 cm³/mol. The first-order valence-corrected chi connectivity index (χ1v) is 9.59. The molecule has 0 spiro atoms. The summed E-state index contributed by atoms with van der Waals surface area (Å²) in [5.74, 6) is 0.697. The van der Waals surface area contributed by atoms with Crippen molar-refractivity contribution in [3.8, 4) is 0 Å². The molecule has 3 aromatic rings. The Kier molecular flexibility index (Phi) is 6.82. The van der Waals surface area contributed by atoms with Crippen molar-refractivity contribution in [3.05, 3.63) is 90.0 Å². The Bertz CT molecular complexity index is 855. The lowest BCUT2D eigenvalue weighted by molar-refractivity contribution is 0.251. The van der Waals surface area contributed by atoms with Gasteiger partial charge in [0, 0.05) is 35.3 Å². The highest BCUT2D eigenvalue weighted by atomic mass is 32.2. The molecule has 0 aliphatic heterocycles. The van der Waals surface area contributed by atoms with Crippen LogP contribution in [0.3, 0.4) is 0 Å². The van der Waals surface area contributed by atoms with E-state index in [1.165, 1.54) is 12.1 Å². The number of nitrogens with zero attached hydrogens (tertiary/aromatic N) is 1. The van der Waals surface area contributed by atoms with E-state index >= 15 is 0 Å². The van der Waals surface area contributed by atoms with Crippen LogP contribution in [-0.2, 0) is 13.0 Å². The van der Waals surface area contributed by atoms with Gasteiger partial charge < -0.3 is 10.6 Å². The Hall–Kier alpha value is -2.86. The molecule has 6 heteroatoms. The van der Waals surface area contributed by atoms with Crippen molar-refractivity contribution >= 4 is 23.5 Å². The lowest BCUT2D eigenvalue weighted by atomic mass is 10.2. The van der Waals surface area contributed by atoms with Crippen LogP contribution in [0, 0.1) is 5.82 Å². The summed E-state index contributed by atoms with van der Waals surface area (Å²) in [6, 6.07) is 17.8. The maximum Gasteiger partial charge on any atom is 0.319 e. The molecule has 1 heterocycles. The summed E-state index contributed by atoms with van der Waals surface area (Å²) in [5, 5.41) is 5.61. The average molecular weight is 381 g/mol. The highest BCUT2D eigenvalue weighted by molar-refractivity contribution is 7.99. The minimum Gasteiger partial charge on any atom is -0.334 e. The number of rotatable bonds is 7. The van der Waals surface area contributed by atoms with Crippen molar-refractivity contribution in [2.45, 2.75) is 17.9 Å². The van der Waals surface area contributed by atoms with Gasteiger partial charge in [0.2, 0.25) is 0 Å². The molecule has 3 rings (SSSR count). The van der Waals surface area contributed by atoms with E-state index in [1.807, 2.05) is 48.5 Å². The molecule has 2 N–H and O–H groups in total. The fraction of sp³-hybridized carbons (Fsp3) is 0.143. The molecule has 0 saturated carbocycles. The summed E-state index contributed by atoms with van der Waals surface area (Å²) in [5.41, 5.74) is 2.80. The molecular formula is C21H20FN3OS. The molecule has 0 aliphatic rings. The number of hydrogen-bond donors (Lipinski definition) is 2. The van der Waals surface area contributed by atoms with Crippen LogP contribution in [0.5, 0.6) is 0 Å². The molecule has 0 radical (unpaired) electrons. The number of carbonyl (C=O) groups excluding carboxylic acids is 1. The van der Waals surface area contributed by atoms with Crippen LogP contribution in [0.15, 0.2) is 78.0 Å². The van der Waals surface area contributed by atoms with E-state index in [-0.39, 0.29) is 11.8 Å². The minimum absolute atomic E-state index is 0.209. The maximum absolute atomic E-state index is 12.9. The van der Waals surface area contributed by atoms with Gasteiger partial charge in [-0.3, -0.25) is 4.98 Å². The summed E-state index contributed by atoms with van der Waals surface area (Å²) >= 11 is 1.73. The van der Waals surface area contributed by atoms with E-state index < -0.39 is 0 Å². The van der Waals surface area contributed by atoms with Crippen molar-refractivity contribution in [1.82, 2.24) is 10.3 Å². The van der Waals surface area contributed by atoms with Crippen LogP contribution in [0.25, 0.3) is 0 Å².